The molecule has 0 aromatic carbocycles. The second kappa shape index (κ2) is 6.23. The molecule has 1 aliphatic rings. The molecule has 0 aromatic heterocycles. The Balaban J connectivity index is 2.12. The topological polar surface area (TPSA) is 40.5 Å². The van der Waals surface area contributed by atoms with Crippen LogP contribution in [0.1, 0.15) is 39.5 Å². The summed E-state index contributed by atoms with van der Waals surface area (Å²) in [5.41, 5.74) is 0. The summed E-state index contributed by atoms with van der Waals surface area (Å²) in [5, 5.41) is 9.45. The number of hydrogen-bond donors (Lipinski definition) is 1. The van der Waals surface area contributed by atoms with Crippen LogP contribution < -0.4 is 0 Å². The lowest BCUT2D eigenvalue weighted by molar-refractivity contribution is -0.117. The van der Waals surface area contributed by atoms with Gasteiger partial charge in [-0.1, -0.05) is 0 Å². The van der Waals surface area contributed by atoms with E-state index in [-0.39, 0.29) is 11.9 Å². The molecule has 1 aliphatic heterocycles. The smallest absolute Gasteiger partial charge is 0.129 e. The maximum absolute atomic E-state index is 10.8. The summed E-state index contributed by atoms with van der Waals surface area (Å²) in [6.45, 7) is 6.73. The predicted molar refractivity (Wildman–Crippen MR) is 60.8 cm³/mol. The Labute approximate surface area is 92.5 Å². The zero-order valence-electron chi connectivity index (χ0n) is 9.91. The number of likely N-dealkylation sites (tertiary alicyclic amines) is 1. The van der Waals surface area contributed by atoms with Crippen molar-refractivity contribution in [3.05, 3.63) is 0 Å². The third kappa shape index (κ3) is 4.76. The van der Waals surface area contributed by atoms with Crippen LogP contribution in [0.5, 0.6) is 0 Å². The standard InChI is InChI=1S/C12H23NO2/c1-10(14)4-3-7-13-8-5-12(6-9-13)11(2)15/h11-12,15H,3-9H2,1-2H3. The highest BCUT2D eigenvalue weighted by molar-refractivity contribution is 5.75. The Bertz CT molecular complexity index is 196. The largest absolute Gasteiger partial charge is 0.393 e. The first-order valence-electron chi connectivity index (χ1n) is 5.99. The molecule has 3 nitrogen and oxygen atoms in total. The maximum atomic E-state index is 10.8. The third-order valence-electron chi connectivity index (χ3n) is 3.32. The van der Waals surface area contributed by atoms with Crippen molar-refractivity contribution in [3.8, 4) is 0 Å². The van der Waals surface area contributed by atoms with Gasteiger partial charge in [-0.25, -0.2) is 0 Å². The fourth-order valence-electron chi connectivity index (χ4n) is 2.21. The van der Waals surface area contributed by atoms with Crippen molar-refractivity contribution in [2.75, 3.05) is 19.6 Å². The van der Waals surface area contributed by atoms with Gasteiger partial charge in [-0.3, -0.25) is 0 Å². The molecular weight excluding hydrogens is 190 g/mol. The zero-order valence-corrected chi connectivity index (χ0v) is 9.91. The van der Waals surface area contributed by atoms with Gasteiger partial charge in [-0.15, -0.1) is 0 Å². The van der Waals surface area contributed by atoms with E-state index in [1.54, 1.807) is 6.92 Å². The van der Waals surface area contributed by atoms with Crippen LogP contribution in [0.3, 0.4) is 0 Å². The highest BCUT2D eigenvalue weighted by Crippen LogP contribution is 2.20. The van der Waals surface area contributed by atoms with Gasteiger partial charge < -0.3 is 14.8 Å². The lowest BCUT2D eigenvalue weighted by atomic mass is 9.92. The van der Waals surface area contributed by atoms with E-state index in [1.807, 2.05) is 6.92 Å². The molecule has 0 amide bonds. The molecule has 0 saturated carbocycles. The van der Waals surface area contributed by atoms with E-state index in [9.17, 15) is 9.90 Å². The summed E-state index contributed by atoms with van der Waals surface area (Å²) in [6.07, 6.45) is 3.71. The molecule has 0 spiro atoms. The molecule has 1 N–H and O–H groups in total. The van der Waals surface area contributed by atoms with Gasteiger partial charge in [0, 0.05) is 6.42 Å². The molecule has 1 rings (SSSR count). The Hall–Kier alpha value is -0.410. The van der Waals surface area contributed by atoms with Crippen molar-refractivity contribution >= 4 is 5.78 Å². The van der Waals surface area contributed by atoms with Gasteiger partial charge in [0.2, 0.25) is 0 Å². The number of carbonyl (C=O) groups is 1. The number of carbonyl (C=O) groups excluding carboxylic acids is 1. The van der Waals surface area contributed by atoms with Crippen LogP contribution in [0, 0.1) is 5.92 Å². The van der Waals surface area contributed by atoms with Crippen LogP contribution in [0.15, 0.2) is 0 Å². The Morgan fingerprint density at radius 3 is 2.53 bits per heavy atom. The quantitative estimate of drug-likeness (QED) is 0.751. The van der Waals surface area contributed by atoms with Crippen LogP contribution in [0.4, 0.5) is 0 Å². The number of piperidine rings is 1. The van der Waals surface area contributed by atoms with Crippen molar-refractivity contribution in [2.45, 2.75) is 45.6 Å². The summed E-state index contributed by atoms with van der Waals surface area (Å²) >= 11 is 0. The van der Waals surface area contributed by atoms with Crippen molar-refractivity contribution in [2.24, 2.45) is 5.92 Å². The van der Waals surface area contributed by atoms with E-state index in [0.717, 1.165) is 38.9 Å². The van der Waals surface area contributed by atoms with Gasteiger partial charge in [0.1, 0.15) is 5.78 Å². The predicted octanol–water partition coefficient (Wildman–Crippen LogP) is 1.45. The van der Waals surface area contributed by atoms with Gasteiger partial charge in [-0.2, -0.15) is 0 Å². The van der Waals surface area contributed by atoms with Gasteiger partial charge >= 0.3 is 0 Å². The van der Waals surface area contributed by atoms with E-state index in [2.05, 4.69) is 4.90 Å². The van der Waals surface area contributed by atoms with Gasteiger partial charge in [0.15, 0.2) is 0 Å². The lowest BCUT2D eigenvalue weighted by Crippen LogP contribution is -2.37. The summed E-state index contributed by atoms with van der Waals surface area (Å²) < 4.78 is 0. The first-order chi connectivity index (χ1) is 7.09. The fourth-order valence-corrected chi connectivity index (χ4v) is 2.21. The maximum Gasteiger partial charge on any atom is 0.129 e. The average Bonchev–Trinajstić information content (AvgIpc) is 2.18. The van der Waals surface area contributed by atoms with Crippen molar-refractivity contribution in [1.82, 2.24) is 4.90 Å². The average molecular weight is 213 g/mol. The van der Waals surface area contributed by atoms with Crippen LogP contribution in [0.25, 0.3) is 0 Å². The first kappa shape index (κ1) is 12.7. The van der Waals surface area contributed by atoms with Crippen LogP contribution in [0.2, 0.25) is 0 Å². The Morgan fingerprint density at radius 1 is 1.47 bits per heavy atom. The van der Waals surface area contributed by atoms with E-state index < -0.39 is 0 Å². The Morgan fingerprint density at radius 2 is 2.07 bits per heavy atom. The molecule has 15 heavy (non-hydrogen) atoms. The molecule has 1 heterocycles. The second-order valence-corrected chi connectivity index (χ2v) is 4.73. The molecule has 88 valence electrons. The zero-order chi connectivity index (χ0) is 11.3. The van der Waals surface area contributed by atoms with Crippen LogP contribution in [-0.2, 0) is 4.79 Å². The number of aliphatic hydroxyl groups excluding tert-OH is 1. The number of hydrogen-bond acceptors (Lipinski definition) is 3. The molecule has 0 bridgehead atoms. The third-order valence-corrected chi connectivity index (χ3v) is 3.32. The van der Waals surface area contributed by atoms with Crippen molar-refractivity contribution < 1.29 is 9.90 Å². The molecule has 0 aliphatic carbocycles. The van der Waals surface area contributed by atoms with Crippen LogP contribution in [-0.4, -0.2) is 41.5 Å². The SMILES string of the molecule is CC(=O)CCCN1CCC(C(C)O)CC1. The highest BCUT2D eigenvalue weighted by Gasteiger charge is 2.21. The first-order valence-corrected chi connectivity index (χ1v) is 5.99. The lowest BCUT2D eigenvalue weighted by Gasteiger charge is -2.33. The number of rotatable bonds is 5. The van der Waals surface area contributed by atoms with E-state index in [1.165, 1.54) is 0 Å². The van der Waals surface area contributed by atoms with Crippen molar-refractivity contribution in [1.29, 1.82) is 0 Å². The van der Waals surface area contributed by atoms with E-state index >= 15 is 0 Å². The van der Waals surface area contributed by atoms with Gasteiger partial charge in [-0.05, 0) is 58.7 Å². The normalized spacial score (nSPS) is 21.5. The van der Waals surface area contributed by atoms with E-state index in [0.29, 0.717) is 12.3 Å². The molecule has 1 saturated heterocycles. The summed E-state index contributed by atoms with van der Waals surface area (Å²) in [5.74, 6) is 0.767. The minimum Gasteiger partial charge on any atom is -0.393 e. The van der Waals surface area contributed by atoms with Gasteiger partial charge in [0.25, 0.3) is 0 Å². The molecule has 0 aromatic rings. The minimum absolute atomic E-state index is 0.163. The summed E-state index contributed by atoms with van der Waals surface area (Å²) in [4.78, 5) is 13.2. The summed E-state index contributed by atoms with van der Waals surface area (Å²) in [7, 11) is 0. The summed E-state index contributed by atoms with van der Waals surface area (Å²) in [6, 6.07) is 0. The number of ketones is 1. The second-order valence-electron chi connectivity index (χ2n) is 4.73. The number of nitrogens with zero attached hydrogens (tertiary/aromatic N) is 1. The number of Topliss-reactive ketones (excluding diaryl/α,β-unsaturated/α-hetero) is 1. The monoisotopic (exact) mass is 213 g/mol. The molecule has 1 fully saturated rings. The number of aliphatic hydroxyl groups is 1. The molecule has 0 radical (unpaired) electrons. The van der Waals surface area contributed by atoms with E-state index in [4.69, 9.17) is 0 Å². The highest BCUT2D eigenvalue weighted by atomic mass is 16.3. The van der Waals surface area contributed by atoms with Gasteiger partial charge in [0.05, 0.1) is 6.10 Å². The Kier molecular flexibility index (Phi) is 5.26. The molecule has 1 atom stereocenters. The molecule has 3 heteroatoms. The van der Waals surface area contributed by atoms with Crippen LogP contribution >= 0.6 is 0 Å². The molecular formula is C12H23NO2. The minimum atomic E-state index is -0.163. The molecule has 1 unspecified atom stereocenters. The fraction of sp³-hybridized carbons (Fsp3) is 0.917. The van der Waals surface area contributed by atoms with Crippen molar-refractivity contribution in [3.63, 3.8) is 0 Å².